The zero-order valence-electron chi connectivity index (χ0n) is 11.8. The molecule has 0 aliphatic heterocycles. The third-order valence-electron chi connectivity index (χ3n) is 3.36. The SMILES string of the molecule is Cc1ccccc1CC(=O)NCC(O)c1ccc(F)cc1. The minimum atomic E-state index is -0.841. The average Bonchev–Trinajstić information content (AvgIpc) is 2.48. The quantitative estimate of drug-likeness (QED) is 0.888. The maximum absolute atomic E-state index is 12.8. The number of carbonyl (C=O) groups is 1. The molecule has 0 bridgehead atoms. The highest BCUT2D eigenvalue weighted by atomic mass is 19.1. The van der Waals surface area contributed by atoms with Gasteiger partial charge in [-0.25, -0.2) is 4.39 Å². The van der Waals surface area contributed by atoms with E-state index in [9.17, 15) is 14.3 Å². The van der Waals surface area contributed by atoms with Gasteiger partial charge in [-0.1, -0.05) is 36.4 Å². The van der Waals surface area contributed by atoms with Gasteiger partial charge in [-0.05, 0) is 35.7 Å². The van der Waals surface area contributed by atoms with Crippen LogP contribution >= 0.6 is 0 Å². The Kier molecular flexibility index (Phi) is 5.06. The second kappa shape index (κ2) is 6.99. The fraction of sp³-hybridized carbons (Fsp3) is 0.235. The van der Waals surface area contributed by atoms with Crippen molar-refractivity contribution >= 4 is 5.91 Å². The number of aliphatic hydroxyl groups excluding tert-OH is 1. The molecule has 21 heavy (non-hydrogen) atoms. The summed E-state index contributed by atoms with van der Waals surface area (Å²) in [7, 11) is 0. The number of carbonyl (C=O) groups excluding carboxylic acids is 1. The zero-order valence-corrected chi connectivity index (χ0v) is 11.8. The van der Waals surface area contributed by atoms with Crippen molar-refractivity contribution in [1.29, 1.82) is 0 Å². The Morgan fingerprint density at radius 2 is 1.86 bits per heavy atom. The summed E-state index contributed by atoms with van der Waals surface area (Å²) in [6, 6.07) is 13.3. The van der Waals surface area contributed by atoms with E-state index in [2.05, 4.69) is 5.32 Å². The number of amides is 1. The van der Waals surface area contributed by atoms with Crippen molar-refractivity contribution < 1.29 is 14.3 Å². The van der Waals surface area contributed by atoms with Gasteiger partial charge in [0, 0.05) is 6.54 Å². The van der Waals surface area contributed by atoms with Crippen LogP contribution < -0.4 is 5.32 Å². The fourth-order valence-electron chi connectivity index (χ4n) is 2.06. The Bertz CT molecular complexity index is 610. The molecule has 1 unspecified atom stereocenters. The molecular weight excluding hydrogens is 269 g/mol. The molecule has 0 radical (unpaired) electrons. The van der Waals surface area contributed by atoms with E-state index in [4.69, 9.17) is 0 Å². The van der Waals surface area contributed by atoms with E-state index in [1.54, 1.807) is 0 Å². The maximum Gasteiger partial charge on any atom is 0.224 e. The van der Waals surface area contributed by atoms with Crippen molar-refractivity contribution in [3.8, 4) is 0 Å². The molecule has 2 aromatic rings. The van der Waals surface area contributed by atoms with Gasteiger partial charge in [0.2, 0.25) is 5.91 Å². The fourth-order valence-corrected chi connectivity index (χ4v) is 2.06. The Labute approximate surface area is 123 Å². The van der Waals surface area contributed by atoms with Crippen LogP contribution in [0.3, 0.4) is 0 Å². The summed E-state index contributed by atoms with van der Waals surface area (Å²) in [6.07, 6.45) is -0.561. The van der Waals surface area contributed by atoms with Crippen molar-refractivity contribution in [2.45, 2.75) is 19.4 Å². The molecule has 2 rings (SSSR count). The van der Waals surface area contributed by atoms with E-state index in [1.807, 2.05) is 31.2 Å². The van der Waals surface area contributed by atoms with E-state index in [0.29, 0.717) is 5.56 Å². The van der Waals surface area contributed by atoms with Crippen LogP contribution in [0.2, 0.25) is 0 Å². The Morgan fingerprint density at radius 3 is 2.52 bits per heavy atom. The van der Waals surface area contributed by atoms with Gasteiger partial charge in [0.15, 0.2) is 0 Å². The van der Waals surface area contributed by atoms with Gasteiger partial charge in [-0.2, -0.15) is 0 Å². The molecule has 0 heterocycles. The molecule has 1 amide bonds. The standard InChI is InChI=1S/C17H18FNO2/c1-12-4-2-3-5-14(12)10-17(21)19-11-16(20)13-6-8-15(18)9-7-13/h2-9,16,20H,10-11H2,1H3,(H,19,21). The molecule has 2 N–H and O–H groups in total. The summed E-state index contributed by atoms with van der Waals surface area (Å²) in [5, 5.41) is 12.6. The van der Waals surface area contributed by atoms with Crippen LogP contribution in [0, 0.1) is 12.7 Å². The van der Waals surface area contributed by atoms with Crippen molar-refractivity contribution in [3.63, 3.8) is 0 Å². The van der Waals surface area contributed by atoms with E-state index in [1.165, 1.54) is 24.3 Å². The molecule has 3 nitrogen and oxygen atoms in total. The monoisotopic (exact) mass is 287 g/mol. The first-order chi connectivity index (χ1) is 10.1. The molecule has 0 aliphatic rings. The predicted molar refractivity (Wildman–Crippen MR) is 79.3 cm³/mol. The van der Waals surface area contributed by atoms with Gasteiger partial charge >= 0.3 is 0 Å². The lowest BCUT2D eigenvalue weighted by Gasteiger charge is -2.13. The highest BCUT2D eigenvalue weighted by Crippen LogP contribution is 2.13. The van der Waals surface area contributed by atoms with Crippen molar-refractivity contribution in [2.24, 2.45) is 0 Å². The summed E-state index contributed by atoms with van der Waals surface area (Å²) in [5.41, 5.74) is 2.60. The number of rotatable bonds is 5. The topological polar surface area (TPSA) is 49.3 Å². The van der Waals surface area contributed by atoms with Crippen LogP contribution in [0.15, 0.2) is 48.5 Å². The second-order valence-corrected chi connectivity index (χ2v) is 4.97. The lowest BCUT2D eigenvalue weighted by atomic mass is 10.1. The number of hydrogen-bond donors (Lipinski definition) is 2. The lowest BCUT2D eigenvalue weighted by Crippen LogP contribution is -2.29. The number of nitrogens with one attached hydrogen (secondary N) is 1. The summed E-state index contributed by atoms with van der Waals surface area (Å²) < 4.78 is 12.8. The Morgan fingerprint density at radius 1 is 1.19 bits per heavy atom. The molecule has 0 aromatic heterocycles. The third-order valence-corrected chi connectivity index (χ3v) is 3.36. The highest BCUT2D eigenvalue weighted by molar-refractivity contribution is 5.78. The average molecular weight is 287 g/mol. The summed E-state index contributed by atoms with van der Waals surface area (Å²) >= 11 is 0. The minimum Gasteiger partial charge on any atom is -0.387 e. The maximum atomic E-state index is 12.8. The second-order valence-electron chi connectivity index (χ2n) is 4.97. The smallest absolute Gasteiger partial charge is 0.224 e. The normalized spacial score (nSPS) is 12.0. The van der Waals surface area contributed by atoms with Crippen molar-refractivity contribution in [2.75, 3.05) is 6.54 Å². The first-order valence-corrected chi connectivity index (χ1v) is 6.81. The molecule has 0 spiro atoms. The van der Waals surface area contributed by atoms with Crippen LogP contribution in [0.5, 0.6) is 0 Å². The number of aryl methyl sites for hydroxylation is 1. The molecule has 4 heteroatoms. The van der Waals surface area contributed by atoms with Crippen LogP contribution in [0.1, 0.15) is 22.8 Å². The molecule has 2 aromatic carbocycles. The molecule has 0 saturated heterocycles. The Hall–Kier alpha value is -2.20. The van der Waals surface area contributed by atoms with Gasteiger partial charge < -0.3 is 10.4 Å². The highest BCUT2D eigenvalue weighted by Gasteiger charge is 2.10. The van der Waals surface area contributed by atoms with Crippen LogP contribution in [0.25, 0.3) is 0 Å². The van der Waals surface area contributed by atoms with Crippen LogP contribution in [0.4, 0.5) is 4.39 Å². The van der Waals surface area contributed by atoms with E-state index >= 15 is 0 Å². The molecule has 0 fully saturated rings. The van der Waals surface area contributed by atoms with E-state index in [-0.39, 0.29) is 24.7 Å². The van der Waals surface area contributed by atoms with Gasteiger partial charge in [-0.15, -0.1) is 0 Å². The molecule has 110 valence electrons. The van der Waals surface area contributed by atoms with Gasteiger partial charge in [0.1, 0.15) is 5.82 Å². The third kappa shape index (κ3) is 4.39. The van der Waals surface area contributed by atoms with Crippen molar-refractivity contribution in [1.82, 2.24) is 5.32 Å². The summed E-state index contributed by atoms with van der Waals surface area (Å²) in [6.45, 7) is 2.06. The first-order valence-electron chi connectivity index (χ1n) is 6.81. The largest absolute Gasteiger partial charge is 0.387 e. The first kappa shape index (κ1) is 15.2. The molecule has 0 aliphatic carbocycles. The van der Waals surface area contributed by atoms with Crippen LogP contribution in [-0.4, -0.2) is 17.6 Å². The minimum absolute atomic E-state index is 0.107. The van der Waals surface area contributed by atoms with E-state index < -0.39 is 6.10 Å². The van der Waals surface area contributed by atoms with Crippen molar-refractivity contribution in [3.05, 3.63) is 71.0 Å². The zero-order chi connectivity index (χ0) is 15.2. The number of hydrogen-bond acceptors (Lipinski definition) is 2. The lowest BCUT2D eigenvalue weighted by molar-refractivity contribution is -0.120. The molecule has 0 saturated carbocycles. The van der Waals surface area contributed by atoms with Gasteiger partial charge in [0.05, 0.1) is 12.5 Å². The van der Waals surface area contributed by atoms with Gasteiger partial charge in [-0.3, -0.25) is 4.79 Å². The summed E-state index contributed by atoms with van der Waals surface area (Å²) in [5.74, 6) is -0.500. The Balaban J connectivity index is 1.86. The summed E-state index contributed by atoms with van der Waals surface area (Å²) in [4.78, 5) is 11.9. The number of benzene rings is 2. The number of aliphatic hydroxyl groups is 1. The number of halogens is 1. The van der Waals surface area contributed by atoms with Gasteiger partial charge in [0.25, 0.3) is 0 Å². The van der Waals surface area contributed by atoms with Crippen LogP contribution in [-0.2, 0) is 11.2 Å². The van der Waals surface area contributed by atoms with E-state index in [0.717, 1.165) is 11.1 Å². The molecular formula is C17H18FNO2. The predicted octanol–water partition coefficient (Wildman–Crippen LogP) is 2.53. The molecule has 1 atom stereocenters.